The summed E-state index contributed by atoms with van der Waals surface area (Å²) in [7, 11) is 0. The van der Waals surface area contributed by atoms with Crippen molar-refractivity contribution < 1.29 is 9.53 Å². The van der Waals surface area contributed by atoms with Gasteiger partial charge in [-0.05, 0) is 39.8 Å². The molecular weight excluding hydrogens is 384 g/mol. The van der Waals surface area contributed by atoms with Crippen molar-refractivity contribution in [1.82, 2.24) is 5.32 Å². The van der Waals surface area contributed by atoms with Crippen LogP contribution in [-0.2, 0) is 11.2 Å². The number of hydrogen-bond acceptors (Lipinski definition) is 3. The summed E-state index contributed by atoms with van der Waals surface area (Å²) in [6, 6.07) is 26.6. The van der Waals surface area contributed by atoms with Crippen LogP contribution in [0.2, 0.25) is 0 Å². The number of nitrogens with one attached hydrogen (secondary N) is 1. The summed E-state index contributed by atoms with van der Waals surface area (Å²) in [5.74, 6) is 0.0645. The van der Waals surface area contributed by atoms with Crippen molar-refractivity contribution in [3.63, 3.8) is 0 Å². The smallest absolute Gasteiger partial charge is 0.407 e. The molecule has 4 nitrogen and oxygen atoms in total. The normalized spacial score (nSPS) is 12.2. The summed E-state index contributed by atoms with van der Waals surface area (Å²) >= 11 is 0. The molecular formula is C27H24N2O2. The van der Waals surface area contributed by atoms with E-state index in [0.29, 0.717) is 26.0 Å². The third-order valence-corrected chi connectivity index (χ3v) is 5.55. The first-order valence-electron chi connectivity index (χ1n) is 10.5. The number of amides is 1. The van der Waals surface area contributed by atoms with Gasteiger partial charge < -0.3 is 10.1 Å². The monoisotopic (exact) mass is 408 g/mol. The number of carbonyl (C=O) groups is 1. The van der Waals surface area contributed by atoms with Gasteiger partial charge >= 0.3 is 6.09 Å². The Kier molecular flexibility index (Phi) is 6.44. The predicted octanol–water partition coefficient (Wildman–Crippen LogP) is 5.69. The second kappa shape index (κ2) is 9.77. The first kappa shape index (κ1) is 20.4. The largest absolute Gasteiger partial charge is 0.449 e. The molecule has 0 saturated heterocycles. The second-order valence-corrected chi connectivity index (χ2v) is 7.48. The molecule has 0 saturated carbocycles. The average Bonchev–Trinajstić information content (AvgIpc) is 3.12. The van der Waals surface area contributed by atoms with Gasteiger partial charge in [0.15, 0.2) is 0 Å². The van der Waals surface area contributed by atoms with Crippen LogP contribution in [0.1, 0.15) is 34.6 Å². The molecule has 0 heterocycles. The van der Waals surface area contributed by atoms with Gasteiger partial charge in [-0.25, -0.2) is 4.79 Å². The highest BCUT2D eigenvalue weighted by Gasteiger charge is 2.28. The van der Waals surface area contributed by atoms with Crippen LogP contribution in [0.5, 0.6) is 0 Å². The van der Waals surface area contributed by atoms with Gasteiger partial charge in [-0.15, -0.1) is 0 Å². The van der Waals surface area contributed by atoms with Gasteiger partial charge in [-0.2, -0.15) is 5.26 Å². The van der Waals surface area contributed by atoms with E-state index in [1.165, 1.54) is 22.3 Å². The fourth-order valence-electron chi connectivity index (χ4n) is 4.06. The maximum Gasteiger partial charge on any atom is 0.407 e. The molecule has 0 aromatic heterocycles. The van der Waals surface area contributed by atoms with Crippen molar-refractivity contribution in [3.05, 3.63) is 101 Å². The Balaban J connectivity index is 1.28. The minimum atomic E-state index is -0.403. The Bertz CT molecular complexity index is 1100. The molecule has 154 valence electrons. The molecule has 1 aliphatic rings. The molecule has 1 aliphatic carbocycles. The molecule has 0 atom stereocenters. The van der Waals surface area contributed by atoms with E-state index in [1.807, 2.05) is 60.7 Å². The SMILES string of the molecule is N#CCc1ccccc1C=CCCNC(=O)OCC1c2ccccc2-c2ccccc21. The van der Waals surface area contributed by atoms with Gasteiger partial charge in [-0.3, -0.25) is 0 Å². The van der Waals surface area contributed by atoms with Gasteiger partial charge in [0.1, 0.15) is 6.61 Å². The van der Waals surface area contributed by atoms with Gasteiger partial charge in [0.25, 0.3) is 0 Å². The van der Waals surface area contributed by atoms with Crippen molar-refractivity contribution in [2.24, 2.45) is 0 Å². The number of benzene rings is 3. The van der Waals surface area contributed by atoms with Gasteiger partial charge in [0, 0.05) is 12.5 Å². The van der Waals surface area contributed by atoms with E-state index in [-0.39, 0.29) is 5.92 Å². The van der Waals surface area contributed by atoms with Gasteiger partial charge in [0.2, 0.25) is 0 Å². The summed E-state index contributed by atoms with van der Waals surface area (Å²) < 4.78 is 5.55. The van der Waals surface area contributed by atoms with Crippen LogP contribution in [-0.4, -0.2) is 19.2 Å². The summed E-state index contributed by atoms with van der Waals surface area (Å²) in [4.78, 5) is 12.2. The number of nitrogens with zero attached hydrogens (tertiary/aromatic N) is 1. The van der Waals surface area contributed by atoms with Crippen molar-refractivity contribution in [2.75, 3.05) is 13.2 Å². The van der Waals surface area contributed by atoms with Crippen molar-refractivity contribution >= 4 is 12.2 Å². The lowest BCUT2D eigenvalue weighted by Crippen LogP contribution is -2.26. The van der Waals surface area contributed by atoms with Crippen LogP contribution in [0.3, 0.4) is 0 Å². The van der Waals surface area contributed by atoms with E-state index in [2.05, 4.69) is 35.7 Å². The number of nitriles is 1. The first-order chi connectivity index (χ1) is 15.3. The highest BCUT2D eigenvalue weighted by molar-refractivity contribution is 5.79. The Labute approximate surface area is 182 Å². The van der Waals surface area contributed by atoms with E-state index in [9.17, 15) is 4.79 Å². The molecule has 4 heteroatoms. The summed E-state index contributed by atoms with van der Waals surface area (Å²) in [6.07, 6.45) is 4.66. The third-order valence-electron chi connectivity index (χ3n) is 5.55. The van der Waals surface area contributed by atoms with Crippen LogP contribution in [0, 0.1) is 11.3 Å². The molecule has 0 spiro atoms. The predicted molar refractivity (Wildman–Crippen MR) is 122 cm³/mol. The van der Waals surface area contributed by atoms with Crippen LogP contribution >= 0.6 is 0 Å². The van der Waals surface area contributed by atoms with E-state index >= 15 is 0 Å². The number of carbonyl (C=O) groups excluding carboxylic acids is 1. The maximum atomic E-state index is 12.2. The Morgan fingerprint density at radius 2 is 1.61 bits per heavy atom. The molecule has 1 N–H and O–H groups in total. The quantitative estimate of drug-likeness (QED) is 0.511. The second-order valence-electron chi connectivity index (χ2n) is 7.48. The van der Waals surface area contributed by atoms with Crippen LogP contribution < -0.4 is 5.32 Å². The molecule has 0 radical (unpaired) electrons. The summed E-state index contributed by atoms with van der Waals surface area (Å²) in [6.45, 7) is 0.810. The van der Waals surface area contributed by atoms with E-state index < -0.39 is 6.09 Å². The third kappa shape index (κ3) is 4.67. The Morgan fingerprint density at radius 1 is 0.968 bits per heavy atom. The zero-order valence-electron chi connectivity index (χ0n) is 17.3. The highest BCUT2D eigenvalue weighted by Crippen LogP contribution is 2.44. The summed E-state index contributed by atoms with van der Waals surface area (Å²) in [5.41, 5.74) is 6.88. The van der Waals surface area contributed by atoms with Crippen molar-refractivity contribution in [1.29, 1.82) is 5.26 Å². The molecule has 1 amide bonds. The van der Waals surface area contributed by atoms with E-state index in [0.717, 1.165) is 11.1 Å². The van der Waals surface area contributed by atoms with Crippen molar-refractivity contribution in [2.45, 2.75) is 18.8 Å². The molecule has 3 aromatic carbocycles. The van der Waals surface area contributed by atoms with Crippen LogP contribution in [0.25, 0.3) is 17.2 Å². The lowest BCUT2D eigenvalue weighted by Gasteiger charge is -2.14. The number of hydrogen-bond donors (Lipinski definition) is 1. The minimum absolute atomic E-state index is 0.0645. The van der Waals surface area contributed by atoms with Crippen molar-refractivity contribution in [3.8, 4) is 17.2 Å². The number of ether oxygens (including phenoxy) is 1. The molecule has 0 bridgehead atoms. The molecule has 0 unspecified atom stereocenters. The fourth-order valence-corrected chi connectivity index (χ4v) is 4.06. The minimum Gasteiger partial charge on any atom is -0.449 e. The molecule has 0 fully saturated rings. The summed E-state index contributed by atoms with van der Waals surface area (Å²) in [5, 5.41) is 11.7. The highest BCUT2D eigenvalue weighted by atomic mass is 16.5. The zero-order chi connectivity index (χ0) is 21.5. The van der Waals surface area contributed by atoms with Gasteiger partial charge in [0.05, 0.1) is 12.5 Å². The zero-order valence-corrected chi connectivity index (χ0v) is 17.3. The van der Waals surface area contributed by atoms with Gasteiger partial charge in [-0.1, -0.05) is 84.9 Å². The Hall–Kier alpha value is -3.84. The first-order valence-corrected chi connectivity index (χ1v) is 10.5. The Morgan fingerprint density at radius 3 is 2.32 bits per heavy atom. The maximum absolute atomic E-state index is 12.2. The fraction of sp³-hybridized carbons (Fsp3) is 0.185. The average molecular weight is 409 g/mol. The molecule has 0 aliphatic heterocycles. The lowest BCUT2D eigenvalue weighted by atomic mass is 9.98. The standard InChI is InChI=1S/C27H24N2O2/c28-17-16-21-10-2-1-9-20(21)11-7-8-18-29-27(30)31-19-26-24-14-5-3-12-22(24)23-13-4-6-15-25(23)26/h1-7,9-15,26H,8,16,18-19H2,(H,29,30). The molecule has 3 aromatic rings. The number of fused-ring (bicyclic) bond motifs is 3. The van der Waals surface area contributed by atoms with Crippen LogP contribution in [0.15, 0.2) is 78.9 Å². The number of alkyl carbamates (subject to hydrolysis) is 1. The number of rotatable bonds is 7. The van der Waals surface area contributed by atoms with E-state index in [4.69, 9.17) is 10.00 Å². The molecule has 31 heavy (non-hydrogen) atoms. The topological polar surface area (TPSA) is 62.1 Å². The molecule has 4 rings (SSSR count). The van der Waals surface area contributed by atoms with E-state index in [1.54, 1.807) is 0 Å². The van der Waals surface area contributed by atoms with Crippen LogP contribution in [0.4, 0.5) is 4.79 Å². The lowest BCUT2D eigenvalue weighted by molar-refractivity contribution is 0.143.